The van der Waals surface area contributed by atoms with Crippen molar-refractivity contribution >= 4 is 5.97 Å². The molecule has 1 heterocycles. The third kappa shape index (κ3) is 1.61. The van der Waals surface area contributed by atoms with Crippen molar-refractivity contribution < 1.29 is 9.90 Å². The second-order valence-corrected chi connectivity index (χ2v) is 6.76. The Hall–Kier alpha value is -1.46. The lowest BCUT2D eigenvalue weighted by molar-refractivity contribution is -0.147. The number of aliphatic carboxylic acids is 1. The normalized spacial score (nSPS) is 23.9. The third-order valence-corrected chi connectivity index (χ3v) is 5.39. The second kappa shape index (κ2) is 3.77. The van der Waals surface area contributed by atoms with Crippen molar-refractivity contribution in [2.75, 3.05) is 0 Å². The van der Waals surface area contributed by atoms with Crippen molar-refractivity contribution in [1.29, 1.82) is 0 Å². The summed E-state index contributed by atoms with van der Waals surface area (Å²) in [6.07, 6.45) is 0.438. The van der Waals surface area contributed by atoms with Gasteiger partial charge in [0.2, 0.25) is 0 Å². The fourth-order valence-electron chi connectivity index (χ4n) is 2.96. The van der Waals surface area contributed by atoms with E-state index in [0.717, 1.165) is 0 Å². The summed E-state index contributed by atoms with van der Waals surface area (Å²) < 4.78 is 1.50. The number of carbonyl (C=O) groups is 1. The highest BCUT2D eigenvalue weighted by molar-refractivity contribution is 5.76. The first-order valence-corrected chi connectivity index (χ1v) is 6.63. The minimum absolute atomic E-state index is 0.0760. The monoisotopic (exact) mass is 266 g/mol. The molecule has 1 saturated carbocycles. The van der Waals surface area contributed by atoms with Gasteiger partial charge in [0.1, 0.15) is 0 Å². The maximum Gasteiger partial charge on any atom is 0.331 e. The minimum Gasteiger partial charge on any atom is -0.479 e. The van der Waals surface area contributed by atoms with Crippen LogP contribution in [0.15, 0.2) is 0 Å². The van der Waals surface area contributed by atoms with Crippen molar-refractivity contribution in [1.82, 2.24) is 20.2 Å². The predicted molar refractivity (Wildman–Crippen MR) is 69.7 cm³/mol. The van der Waals surface area contributed by atoms with E-state index in [1.807, 2.05) is 6.92 Å². The summed E-state index contributed by atoms with van der Waals surface area (Å²) in [5.74, 6) is -0.0400. The largest absolute Gasteiger partial charge is 0.479 e. The number of aromatic nitrogens is 4. The van der Waals surface area contributed by atoms with Crippen LogP contribution in [0.25, 0.3) is 0 Å². The zero-order valence-electron chi connectivity index (χ0n) is 12.4. The number of hydrogen-bond acceptors (Lipinski definition) is 4. The highest BCUT2D eigenvalue weighted by Crippen LogP contribution is 2.73. The molecule has 0 spiro atoms. The van der Waals surface area contributed by atoms with Crippen LogP contribution in [-0.2, 0) is 10.3 Å². The minimum atomic E-state index is -1.09. The van der Waals surface area contributed by atoms with Crippen LogP contribution < -0.4 is 0 Å². The smallest absolute Gasteiger partial charge is 0.331 e. The molecule has 1 unspecified atom stereocenters. The number of carboxylic acids is 1. The SMILES string of the molecule is CCC(C)(C(=O)O)n1nnnc1C1C(C)(C)C1(C)C. The molecule has 106 valence electrons. The molecule has 19 heavy (non-hydrogen) atoms. The van der Waals surface area contributed by atoms with Gasteiger partial charge < -0.3 is 5.11 Å². The van der Waals surface area contributed by atoms with Crippen molar-refractivity contribution in [3.05, 3.63) is 5.82 Å². The molecule has 1 aromatic heterocycles. The van der Waals surface area contributed by atoms with Gasteiger partial charge in [-0.05, 0) is 34.6 Å². The Bertz CT molecular complexity index is 506. The molecule has 0 bridgehead atoms. The Labute approximate surface area is 113 Å². The maximum absolute atomic E-state index is 11.6. The Morgan fingerprint density at radius 1 is 1.37 bits per heavy atom. The average Bonchev–Trinajstić information content (AvgIpc) is 2.70. The molecule has 6 heteroatoms. The van der Waals surface area contributed by atoms with E-state index in [-0.39, 0.29) is 16.7 Å². The Kier molecular flexibility index (Phi) is 2.77. The molecule has 1 N–H and O–H groups in total. The van der Waals surface area contributed by atoms with E-state index in [0.29, 0.717) is 12.2 Å². The summed E-state index contributed by atoms with van der Waals surface area (Å²) >= 11 is 0. The molecular formula is C13H22N4O2. The van der Waals surface area contributed by atoms with Gasteiger partial charge in [0, 0.05) is 5.92 Å². The van der Waals surface area contributed by atoms with Gasteiger partial charge >= 0.3 is 5.97 Å². The van der Waals surface area contributed by atoms with Crippen LogP contribution in [0.1, 0.15) is 59.7 Å². The zero-order valence-corrected chi connectivity index (χ0v) is 12.4. The van der Waals surface area contributed by atoms with Gasteiger partial charge in [0.15, 0.2) is 11.4 Å². The molecule has 0 amide bonds. The molecule has 0 radical (unpaired) electrons. The number of tetrazole rings is 1. The van der Waals surface area contributed by atoms with Gasteiger partial charge in [0.25, 0.3) is 0 Å². The van der Waals surface area contributed by atoms with E-state index in [2.05, 4.69) is 43.2 Å². The summed E-state index contributed by atoms with van der Waals surface area (Å²) in [5, 5.41) is 21.2. The molecule has 1 fully saturated rings. The summed E-state index contributed by atoms with van der Waals surface area (Å²) in [6.45, 7) is 12.2. The molecule has 1 atom stereocenters. The zero-order chi connectivity index (χ0) is 14.6. The van der Waals surface area contributed by atoms with Gasteiger partial charge in [-0.2, -0.15) is 0 Å². The van der Waals surface area contributed by atoms with Crippen molar-refractivity contribution in [3.63, 3.8) is 0 Å². The second-order valence-electron chi connectivity index (χ2n) is 6.76. The van der Waals surface area contributed by atoms with E-state index in [4.69, 9.17) is 0 Å². The first kappa shape index (κ1) is 14.0. The van der Waals surface area contributed by atoms with Crippen molar-refractivity contribution in [3.8, 4) is 0 Å². The molecular weight excluding hydrogens is 244 g/mol. The Morgan fingerprint density at radius 3 is 2.26 bits per heavy atom. The summed E-state index contributed by atoms with van der Waals surface area (Å²) in [6, 6.07) is 0. The van der Waals surface area contributed by atoms with Crippen LogP contribution in [0, 0.1) is 10.8 Å². The molecule has 1 aromatic rings. The van der Waals surface area contributed by atoms with Crippen molar-refractivity contribution in [2.45, 2.75) is 59.4 Å². The quantitative estimate of drug-likeness (QED) is 0.901. The van der Waals surface area contributed by atoms with Gasteiger partial charge in [-0.1, -0.05) is 34.6 Å². The number of rotatable bonds is 4. The highest BCUT2D eigenvalue weighted by Gasteiger charge is 2.68. The summed E-state index contributed by atoms with van der Waals surface area (Å²) in [7, 11) is 0. The number of carboxylic acid groups (broad SMARTS) is 1. The van der Waals surface area contributed by atoms with Gasteiger partial charge in [-0.15, -0.1) is 5.10 Å². The maximum atomic E-state index is 11.6. The van der Waals surface area contributed by atoms with E-state index in [1.165, 1.54) is 4.68 Å². The third-order valence-electron chi connectivity index (χ3n) is 5.39. The summed E-state index contributed by atoms with van der Waals surface area (Å²) in [5.41, 5.74) is -0.938. The summed E-state index contributed by atoms with van der Waals surface area (Å²) in [4.78, 5) is 11.6. The first-order valence-electron chi connectivity index (χ1n) is 6.63. The van der Waals surface area contributed by atoms with E-state index >= 15 is 0 Å². The van der Waals surface area contributed by atoms with Crippen LogP contribution in [0.5, 0.6) is 0 Å². The molecule has 0 aliphatic heterocycles. The fourth-order valence-corrected chi connectivity index (χ4v) is 2.96. The topological polar surface area (TPSA) is 80.9 Å². The Balaban J connectivity index is 2.49. The lowest BCUT2D eigenvalue weighted by Crippen LogP contribution is -2.40. The lowest BCUT2D eigenvalue weighted by Gasteiger charge is -2.24. The van der Waals surface area contributed by atoms with Crippen molar-refractivity contribution in [2.24, 2.45) is 10.8 Å². The van der Waals surface area contributed by atoms with Crippen LogP contribution in [-0.4, -0.2) is 31.3 Å². The van der Waals surface area contributed by atoms with E-state index in [1.54, 1.807) is 6.92 Å². The highest BCUT2D eigenvalue weighted by atomic mass is 16.4. The molecule has 2 rings (SSSR count). The van der Waals surface area contributed by atoms with Crippen LogP contribution in [0.3, 0.4) is 0 Å². The fraction of sp³-hybridized carbons (Fsp3) is 0.846. The van der Waals surface area contributed by atoms with Gasteiger partial charge in [0.05, 0.1) is 0 Å². The average molecular weight is 266 g/mol. The molecule has 0 saturated heterocycles. The number of nitrogens with zero attached hydrogens (tertiary/aromatic N) is 4. The van der Waals surface area contributed by atoms with E-state index < -0.39 is 11.5 Å². The molecule has 1 aliphatic rings. The van der Waals surface area contributed by atoms with Gasteiger partial charge in [-0.25, -0.2) is 9.48 Å². The Morgan fingerprint density at radius 2 is 1.89 bits per heavy atom. The molecule has 0 aromatic carbocycles. The first-order chi connectivity index (χ1) is 8.60. The standard InChI is InChI=1S/C13H22N4O2/c1-7-13(6,10(18)19)17-9(14-15-16-17)8-11(2,3)12(8,4)5/h8H,7H2,1-6H3,(H,18,19). The number of hydrogen-bond donors (Lipinski definition) is 1. The van der Waals surface area contributed by atoms with Crippen LogP contribution in [0.2, 0.25) is 0 Å². The van der Waals surface area contributed by atoms with E-state index in [9.17, 15) is 9.90 Å². The van der Waals surface area contributed by atoms with Crippen LogP contribution in [0.4, 0.5) is 0 Å². The molecule has 1 aliphatic carbocycles. The predicted octanol–water partition coefficient (Wildman–Crippen LogP) is 2.03. The van der Waals surface area contributed by atoms with Crippen LogP contribution >= 0.6 is 0 Å². The lowest BCUT2D eigenvalue weighted by atomic mass is 9.98. The molecule has 6 nitrogen and oxygen atoms in total. The van der Waals surface area contributed by atoms with Gasteiger partial charge in [-0.3, -0.25) is 0 Å².